The van der Waals surface area contributed by atoms with E-state index in [1.54, 1.807) is 0 Å². The van der Waals surface area contributed by atoms with Crippen LogP contribution in [-0.2, 0) is 12.5 Å². The van der Waals surface area contributed by atoms with Crippen LogP contribution in [0.5, 0.6) is 5.75 Å². The molecule has 2 aromatic rings. The first-order valence-electron chi connectivity index (χ1n) is 13.0. The number of rotatable bonds is 7. The molecule has 2 saturated carbocycles. The van der Waals surface area contributed by atoms with E-state index in [1.165, 1.54) is 25.0 Å². The monoisotopic (exact) mass is 494 g/mol. The third kappa shape index (κ3) is 6.37. The number of alkyl halides is 2. The van der Waals surface area contributed by atoms with E-state index in [9.17, 15) is 22.0 Å². The van der Waals surface area contributed by atoms with Gasteiger partial charge in [0.25, 0.3) is 0 Å². The van der Waals surface area contributed by atoms with Gasteiger partial charge in [-0.2, -0.15) is 8.78 Å². The highest BCUT2D eigenvalue weighted by Gasteiger charge is 2.41. The minimum atomic E-state index is -4.28. The lowest BCUT2D eigenvalue weighted by Gasteiger charge is -2.27. The third-order valence-electron chi connectivity index (χ3n) is 8.07. The zero-order valence-electron chi connectivity index (χ0n) is 20.6. The standard InChI is InChI=1S/C29H35F5O/c1-18-3-7-20(8-4-18)9-12-22-13-14-24(17-25(22)30)35-29(33,34)28-26(31)15-23(16-27(28)32)21-10-5-19(2)6-11-21/h13-21H,3-12H2,1-2H3. The second kappa shape index (κ2) is 10.9. The maximum Gasteiger partial charge on any atom is 0.432 e. The first-order chi connectivity index (χ1) is 16.6. The Labute approximate surface area is 205 Å². The van der Waals surface area contributed by atoms with Gasteiger partial charge in [0.1, 0.15) is 28.8 Å². The summed E-state index contributed by atoms with van der Waals surface area (Å²) < 4.78 is 78.3. The average Bonchev–Trinajstić information content (AvgIpc) is 2.79. The van der Waals surface area contributed by atoms with E-state index in [2.05, 4.69) is 18.6 Å². The first-order valence-corrected chi connectivity index (χ1v) is 13.0. The lowest BCUT2D eigenvalue weighted by atomic mass is 9.79. The molecule has 0 amide bonds. The zero-order chi connectivity index (χ0) is 25.2. The Morgan fingerprint density at radius 3 is 1.91 bits per heavy atom. The smallest absolute Gasteiger partial charge is 0.429 e. The van der Waals surface area contributed by atoms with Gasteiger partial charge in [-0.1, -0.05) is 58.4 Å². The maximum atomic E-state index is 14.8. The molecule has 0 bridgehead atoms. The van der Waals surface area contributed by atoms with Crippen molar-refractivity contribution in [3.63, 3.8) is 0 Å². The van der Waals surface area contributed by atoms with Gasteiger partial charge in [0, 0.05) is 6.07 Å². The van der Waals surface area contributed by atoms with Gasteiger partial charge in [0.2, 0.25) is 0 Å². The highest BCUT2D eigenvalue weighted by molar-refractivity contribution is 5.33. The average molecular weight is 495 g/mol. The van der Waals surface area contributed by atoms with Crippen LogP contribution in [0, 0.1) is 35.2 Å². The molecule has 0 unspecified atom stereocenters. The molecule has 4 rings (SSSR count). The molecule has 1 nitrogen and oxygen atoms in total. The molecule has 0 aliphatic heterocycles. The van der Waals surface area contributed by atoms with Crippen molar-refractivity contribution in [2.24, 2.45) is 17.8 Å². The lowest BCUT2D eigenvalue weighted by molar-refractivity contribution is -0.189. The summed E-state index contributed by atoms with van der Waals surface area (Å²) in [7, 11) is 0. The van der Waals surface area contributed by atoms with Crippen molar-refractivity contribution in [1.82, 2.24) is 0 Å². The summed E-state index contributed by atoms with van der Waals surface area (Å²) in [6.45, 7) is 4.37. The van der Waals surface area contributed by atoms with Gasteiger partial charge < -0.3 is 4.74 Å². The summed E-state index contributed by atoms with van der Waals surface area (Å²) in [5.41, 5.74) is -0.612. The van der Waals surface area contributed by atoms with Gasteiger partial charge in [0.15, 0.2) is 0 Å². The number of ether oxygens (including phenoxy) is 1. The molecular weight excluding hydrogens is 459 g/mol. The van der Waals surface area contributed by atoms with Gasteiger partial charge >= 0.3 is 6.11 Å². The van der Waals surface area contributed by atoms with E-state index < -0.39 is 34.9 Å². The summed E-state index contributed by atoms with van der Waals surface area (Å²) in [5, 5.41) is 0. The van der Waals surface area contributed by atoms with Crippen LogP contribution in [-0.4, -0.2) is 0 Å². The van der Waals surface area contributed by atoms with Gasteiger partial charge in [-0.05, 0) is 78.7 Å². The number of halogens is 5. The fraction of sp³-hybridized carbons (Fsp3) is 0.586. The van der Waals surface area contributed by atoms with E-state index in [0.717, 1.165) is 69.1 Å². The number of hydrogen-bond donors (Lipinski definition) is 0. The number of hydrogen-bond acceptors (Lipinski definition) is 1. The van der Waals surface area contributed by atoms with Gasteiger partial charge in [0.05, 0.1) is 0 Å². The van der Waals surface area contributed by atoms with E-state index >= 15 is 0 Å². The Hall–Kier alpha value is -2.11. The highest BCUT2D eigenvalue weighted by atomic mass is 19.3. The summed E-state index contributed by atoms with van der Waals surface area (Å²) in [4.78, 5) is 0. The molecule has 0 heterocycles. The number of benzene rings is 2. The van der Waals surface area contributed by atoms with Crippen LogP contribution in [0.4, 0.5) is 22.0 Å². The molecule has 6 heteroatoms. The Morgan fingerprint density at radius 1 is 0.771 bits per heavy atom. The fourth-order valence-electron chi connectivity index (χ4n) is 5.67. The Balaban J connectivity index is 1.43. The largest absolute Gasteiger partial charge is 0.432 e. The van der Waals surface area contributed by atoms with Crippen molar-refractivity contribution < 1.29 is 26.7 Å². The molecule has 0 aromatic heterocycles. The molecule has 2 aliphatic rings. The van der Waals surface area contributed by atoms with Crippen molar-refractivity contribution in [2.45, 2.75) is 90.1 Å². The van der Waals surface area contributed by atoms with E-state index in [4.69, 9.17) is 0 Å². The Kier molecular flexibility index (Phi) is 8.07. The quantitative estimate of drug-likeness (QED) is 0.349. The highest BCUT2D eigenvalue weighted by Crippen LogP contribution is 2.40. The predicted octanol–water partition coefficient (Wildman–Crippen LogP) is 9.28. The summed E-state index contributed by atoms with van der Waals surface area (Å²) >= 11 is 0. The van der Waals surface area contributed by atoms with Crippen LogP contribution < -0.4 is 4.74 Å². The van der Waals surface area contributed by atoms with Crippen LogP contribution in [0.25, 0.3) is 0 Å². The Bertz CT molecular complexity index is 981. The summed E-state index contributed by atoms with van der Waals surface area (Å²) in [6, 6.07) is 5.52. The SMILES string of the molecule is CC1CCC(CCc2ccc(OC(F)(F)c3c(F)cc(C4CCC(C)CC4)cc3F)cc2F)CC1. The van der Waals surface area contributed by atoms with E-state index in [0.29, 0.717) is 29.4 Å². The van der Waals surface area contributed by atoms with Gasteiger partial charge in [-0.25, -0.2) is 13.2 Å². The molecule has 0 spiro atoms. The molecule has 0 N–H and O–H groups in total. The molecule has 0 saturated heterocycles. The topological polar surface area (TPSA) is 9.23 Å². The van der Waals surface area contributed by atoms with Crippen LogP contribution in [0.1, 0.15) is 94.2 Å². The normalized spacial score (nSPS) is 25.5. The molecule has 35 heavy (non-hydrogen) atoms. The minimum Gasteiger partial charge on any atom is -0.429 e. The maximum absolute atomic E-state index is 14.8. The second-order valence-electron chi connectivity index (χ2n) is 10.9. The van der Waals surface area contributed by atoms with Crippen molar-refractivity contribution >= 4 is 0 Å². The molecular formula is C29H35F5O. The van der Waals surface area contributed by atoms with Crippen molar-refractivity contribution in [3.05, 3.63) is 64.5 Å². The van der Waals surface area contributed by atoms with Crippen LogP contribution in [0.3, 0.4) is 0 Å². The van der Waals surface area contributed by atoms with Crippen LogP contribution in [0.15, 0.2) is 30.3 Å². The summed E-state index contributed by atoms with van der Waals surface area (Å²) in [5.74, 6) is -2.00. The lowest BCUT2D eigenvalue weighted by Crippen LogP contribution is -2.26. The van der Waals surface area contributed by atoms with Crippen LogP contribution in [0.2, 0.25) is 0 Å². The molecule has 2 fully saturated rings. The van der Waals surface area contributed by atoms with Gasteiger partial charge in [-0.3, -0.25) is 0 Å². The Morgan fingerprint density at radius 2 is 1.34 bits per heavy atom. The molecule has 0 radical (unpaired) electrons. The zero-order valence-corrected chi connectivity index (χ0v) is 20.6. The third-order valence-corrected chi connectivity index (χ3v) is 8.07. The van der Waals surface area contributed by atoms with Crippen molar-refractivity contribution in [1.29, 1.82) is 0 Å². The van der Waals surface area contributed by atoms with E-state index in [1.807, 2.05) is 0 Å². The van der Waals surface area contributed by atoms with Crippen molar-refractivity contribution in [2.75, 3.05) is 0 Å². The van der Waals surface area contributed by atoms with Gasteiger partial charge in [-0.15, -0.1) is 0 Å². The molecule has 192 valence electrons. The molecule has 2 aromatic carbocycles. The minimum absolute atomic E-state index is 0.0440. The van der Waals surface area contributed by atoms with Crippen LogP contribution >= 0.6 is 0 Å². The second-order valence-corrected chi connectivity index (χ2v) is 10.9. The fourth-order valence-corrected chi connectivity index (χ4v) is 5.67. The van der Waals surface area contributed by atoms with Crippen molar-refractivity contribution in [3.8, 4) is 5.75 Å². The first kappa shape index (κ1) is 26.0. The molecule has 0 atom stereocenters. The number of aryl methyl sites for hydroxylation is 1. The molecule has 2 aliphatic carbocycles. The van der Waals surface area contributed by atoms with E-state index in [-0.39, 0.29) is 5.92 Å². The predicted molar refractivity (Wildman–Crippen MR) is 127 cm³/mol. The summed E-state index contributed by atoms with van der Waals surface area (Å²) in [6.07, 6.45) is 5.15.